The smallest absolute Gasteiger partial charge is 0.378 e. The molecule has 2 heterocycles. The molecular weight excluding hydrogens is 422 g/mol. The van der Waals surface area contributed by atoms with E-state index in [1.165, 1.54) is 9.80 Å². The fraction of sp³-hybridized carbons (Fsp3) is 0.429. The van der Waals surface area contributed by atoms with Crippen molar-refractivity contribution in [3.63, 3.8) is 0 Å². The van der Waals surface area contributed by atoms with Gasteiger partial charge in [0.25, 0.3) is 0 Å². The molecule has 2 aromatic rings. The third kappa shape index (κ3) is 3.61. The summed E-state index contributed by atoms with van der Waals surface area (Å²) in [6.07, 6.45) is -9.16. The molecule has 0 saturated carbocycles. The number of halogens is 6. The van der Waals surface area contributed by atoms with Crippen LogP contribution in [0.2, 0.25) is 0 Å². The summed E-state index contributed by atoms with van der Waals surface area (Å²) in [4.78, 5) is 6.15. The number of anilines is 4. The molecule has 2 aliphatic rings. The molecule has 0 N–H and O–H groups in total. The van der Waals surface area contributed by atoms with Crippen LogP contribution in [0.15, 0.2) is 24.3 Å². The van der Waals surface area contributed by atoms with Gasteiger partial charge in [0.1, 0.15) is 0 Å². The summed E-state index contributed by atoms with van der Waals surface area (Å²) in [6, 6.07) is 5.44. The topological polar surface area (TPSA) is 13.0 Å². The molecule has 2 aromatic carbocycles. The van der Waals surface area contributed by atoms with Crippen molar-refractivity contribution < 1.29 is 26.3 Å². The zero-order valence-corrected chi connectivity index (χ0v) is 17.5. The molecule has 2 aliphatic heterocycles. The summed E-state index contributed by atoms with van der Waals surface area (Å²) in [5.74, 6) is 0. The van der Waals surface area contributed by atoms with Crippen molar-refractivity contribution in [1.82, 2.24) is 0 Å². The van der Waals surface area contributed by atoms with E-state index in [0.29, 0.717) is 22.5 Å². The average Bonchev–Trinajstić information content (AvgIpc) is 2.64. The number of fused-ring (bicyclic) bond motifs is 6. The quantitative estimate of drug-likeness (QED) is 0.594. The molecule has 2 bridgehead atoms. The number of benzene rings is 2. The van der Waals surface area contributed by atoms with Crippen LogP contribution in [0.1, 0.15) is 22.3 Å². The first kappa shape index (κ1) is 21.5. The van der Waals surface area contributed by atoms with Crippen LogP contribution in [0.25, 0.3) is 0 Å². The van der Waals surface area contributed by atoms with E-state index in [2.05, 4.69) is 0 Å². The van der Waals surface area contributed by atoms with Gasteiger partial charge in [0.05, 0.1) is 29.2 Å². The highest BCUT2D eigenvalue weighted by Crippen LogP contribution is 2.50. The maximum Gasteiger partial charge on any atom is 0.418 e. The highest BCUT2D eigenvalue weighted by atomic mass is 19.4. The Morgan fingerprint density at radius 1 is 0.645 bits per heavy atom. The number of rotatable bonds is 2. The van der Waals surface area contributed by atoms with Gasteiger partial charge < -0.3 is 19.6 Å². The number of hydrogen-bond donors (Lipinski definition) is 0. The van der Waals surface area contributed by atoms with Crippen LogP contribution in [0.3, 0.4) is 0 Å². The van der Waals surface area contributed by atoms with Gasteiger partial charge in [-0.05, 0) is 35.4 Å². The van der Waals surface area contributed by atoms with Crippen molar-refractivity contribution in [2.24, 2.45) is 0 Å². The molecule has 0 saturated heterocycles. The Kier molecular flexibility index (Phi) is 4.75. The predicted molar refractivity (Wildman–Crippen MR) is 109 cm³/mol. The van der Waals surface area contributed by atoms with Crippen LogP contribution in [0, 0.1) is 0 Å². The highest BCUT2D eigenvalue weighted by molar-refractivity contribution is 5.77. The molecule has 0 spiro atoms. The van der Waals surface area contributed by atoms with E-state index in [1.807, 2.05) is 0 Å². The summed E-state index contributed by atoms with van der Waals surface area (Å²) in [5, 5.41) is 0. The second-order valence-electron chi connectivity index (χ2n) is 8.32. The number of nitrogens with zero attached hydrogens (tertiary/aromatic N) is 4. The molecule has 10 heteroatoms. The van der Waals surface area contributed by atoms with Crippen LogP contribution in [-0.2, 0) is 25.4 Å². The zero-order chi connectivity index (χ0) is 22.9. The Balaban J connectivity index is 1.92. The van der Waals surface area contributed by atoms with Gasteiger partial charge in [-0.15, -0.1) is 0 Å². The molecule has 0 amide bonds. The van der Waals surface area contributed by atoms with Gasteiger partial charge in [-0.2, -0.15) is 26.3 Å². The first-order valence-corrected chi connectivity index (χ1v) is 9.60. The fourth-order valence-electron chi connectivity index (χ4n) is 4.31. The summed E-state index contributed by atoms with van der Waals surface area (Å²) >= 11 is 0. The Hall–Kier alpha value is -2.78. The highest BCUT2D eigenvalue weighted by Gasteiger charge is 2.44. The lowest BCUT2D eigenvalue weighted by Gasteiger charge is -2.47. The average molecular weight is 444 g/mol. The molecule has 4 rings (SSSR count). The number of alkyl halides is 6. The Morgan fingerprint density at radius 3 is 1.29 bits per heavy atom. The second-order valence-corrected chi connectivity index (χ2v) is 8.32. The molecule has 0 unspecified atom stereocenters. The molecule has 0 fully saturated rings. The fourth-order valence-corrected chi connectivity index (χ4v) is 4.31. The lowest BCUT2D eigenvalue weighted by Crippen LogP contribution is -2.48. The SMILES string of the molecule is CN(C)c1cc2c(c(C(F)(F)F)c1)N1Cc3cc(N(C)C)cc(C(F)(F)F)c3N(C2)C1. The lowest BCUT2D eigenvalue weighted by molar-refractivity contribution is -0.137. The van der Waals surface area contributed by atoms with E-state index in [4.69, 9.17) is 0 Å². The molecule has 0 aromatic heterocycles. The van der Waals surface area contributed by atoms with Gasteiger partial charge in [-0.25, -0.2) is 0 Å². The van der Waals surface area contributed by atoms with E-state index >= 15 is 0 Å². The predicted octanol–water partition coefficient (Wildman–Crippen LogP) is 5.15. The lowest BCUT2D eigenvalue weighted by atomic mass is 9.94. The van der Waals surface area contributed by atoms with Gasteiger partial charge in [-0.1, -0.05) is 0 Å². The van der Waals surface area contributed by atoms with Gasteiger partial charge in [0, 0.05) is 52.7 Å². The van der Waals surface area contributed by atoms with Crippen LogP contribution in [0.4, 0.5) is 49.1 Å². The zero-order valence-electron chi connectivity index (χ0n) is 17.5. The number of hydrogen-bond acceptors (Lipinski definition) is 4. The monoisotopic (exact) mass is 444 g/mol. The molecule has 31 heavy (non-hydrogen) atoms. The third-order valence-electron chi connectivity index (χ3n) is 5.69. The van der Waals surface area contributed by atoms with Gasteiger partial charge in [0.15, 0.2) is 0 Å². The van der Waals surface area contributed by atoms with Crippen LogP contribution >= 0.6 is 0 Å². The Labute approximate surface area is 176 Å². The largest absolute Gasteiger partial charge is 0.418 e. The molecule has 0 aliphatic carbocycles. The molecule has 0 radical (unpaired) electrons. The van der Waals surface area contributed by atoms with Crippen molar-refractivity contribution in [2.75, 3.05) is 54.5 Å². The first-order chi connectivity index (χ1) is 14.3. The summed E-state index contributed by atoms with van der Waals surface area (Å²) in [5.41, 5.74) is -0.0123. The van der Waals surface area contributed by atoms with Crippen molar-refractivity contribution in [2.45, 2.75) is 25.4 Å². The van der Waals surface area contributed by atoms with Crippen LogP contribution in [-0.4, -0.2) is 34.9 Å². The Bertz CT molecular complexity index is 944. The standard InChI is InChI=1S/C21H22F6N4/c1-28(2)14-5-12-9-30-11-31(18(12)16(7-14)20(22,23)24)10-13-6-15(29(3)4)8-17(19(13)30)21(25,26)27/h5-8H,9-11H2,1-4H3. The van der Waals surface area contributed by atoms with Crippen LogP contribution in [0.5, 0.6) is 0 Å². The second kappa shape index (κ2) is 6.86. The maximum atomic E-state index is 13.9. The minimum absolute atomic E-state index is 0.0330. The van der Waals surface area contributed by atoms with E-state index in [-0.39, 0.29) is 31.1 Å². The van der Waals surface area contributed by atoms with Gasteiger partial charge in [-0.3, -0.25) is 0 Å². The third-order valence-corrected chi connectivity index (χ3v) is 5.69. The van der Waals surface area contributed by atoms with Gasteiger partial charge >= 0.3 is 12.4 Å². The van der Waals surface area contributed by atoms with Crippen molar-refractivity contribution in [3.8, 4) is 0 Å². The van der Waals surface area contributed by atoms with E-state index in [1.54, 1.807) is 50.1 Å². The minimum Gasteiger partial charge on any atom is -0.378 e. The molecular formula is C21H22F6N4. The minimum atomic E-state index is -4.58. The van der Waals surface area contributed by atoms with E-state index in [9.17, 15) is 26.3 Å². The first-order valence-electron chi connectivity index (χ1n) is 9.60. The van der Waals surface area contributed by atoms with Gasteiger partial charge in [0.2, 0.25) is 0 Å². The van der Waals surface area contributed by atoms with E-state index < -0.39 is 23.5 Å². The Morgan fingerprint density at radius 2 is 1.00 bits per heavy atom. The van der Waals surface area contributed by atoms with Crippen LogP contribution < -0.4 is 19.6 Å². The summed E-state index contributed by atoms with van der Waals surface area (Å²) in [6.45, 7) is -0.100. The molecule has 4 nitrogen and oxygen atoms in total. The molecule has 0 atom stereocenters. The van der Waals surface area contributed by atoms with Crippen molar-refractivity contribution in [1.29, 1.82) is 0 Å². The maximum absolute atomic E-state index is 13.9. The molecule has 168 valence electrons. The summed E-state index contributed by atoms with van der Waals surface area (Å²) < 4.78 is 83.5. The van der Waals surface area contributed by atoms with Crippen molar-refractivity contribution in [3.05, 3.63) is 46.5 Å². The summed E-state index contributed by atoms with van der Waals surface area (Å²) in [7, 11) is 6.52. The van der Waals surface area contributed by atoms with E-state index in [0.717, 1.165) is 12.1 Å². The normalized spacial score (nSPS) is 15.5. The van der Waals surface area contributed by atoms with Crippen molar-refractivity contribution >= 4 is 22.7 Å².